The number of aryl methyl sites for hydroxylation is 1. The number of halogens is 7. The van der Waals surface area contributed by atoms with Gasteiger partial charge in [0.1, 0.15) is 11.6 Å². The molecule has 0 heterocycles. The van der Waals surface area contributed by atoms with Crippen molar-refractivity contribution >= 4 is 0 Å². The summed E-state index contributed by atoms with van der Waals surface area (Å²) < 4.78 is 104. The molecule has 0 unspecified atom stereocenters. The van der Waals surface area contributed by atoms with Crippen molar-refractivity contribution in [2.45, 2.75) is 71.0 Å². The quantitative estimate of drug-likeness (QED) is 0.310. The molecule has 0 radical (unpaired) electrons. The van der Waals surface area contributed by atoms with Crippen LogP contribution in [0.25, 0.3) is 0 Å². The molecular weight excluding hydrogens is 465 g/mol. The minimum atomic E-state index is -4.26. The molecule has 0 spiro atoms. The Morgan fingerprint density at radius 3 is 2.00 bits per heavy atom. The van der Waals surface area contributed by atoms with Crippen molar-refractivity contribution in [2.75, 3.05) is 0 Å². The number of hydrogen-bond acceptors (Lipinski definition) is 2. The maximum Gasteiger partial charge on any atom is 0.429 e. The lowest BCUT2D eigenvalue weighted by Crippen LogP contribution is -2.24. The van der Waals surface area contributed by atoms with Gasteiger partial charge in [0.15, 0.2) is 17.4 Å². The Morgan fingerprint density at radius 1 is 0.882 bits per heavy atom. The first-order valence-corrected chi connectivity index (χ1v) is 11.4. The van der Waals surface area contributed by atoms with Crippen molar-refractivity contribution < 1.29 is 40.2 Å². The highest BCUT2D eigenvalue weighted by Gasteiger charge is 2.38. The van der Waals surface area contributed by atoms with Gasteiger partial charge in [0.2, 0.25) is 0 Å². The maximum absolute atomic E-state index is 14.5. The third-order valence-electron chi connectivity index (χ3n) is 6.28. The van der Waals surface area contributed by atoms with Crippen LogP contribution in [0.15, 0.2) is 30.3 Å². The average molecular weight is 492 g/mol. The molecular formula is C25H27F7O2. The minimum Gasteiger partial charge on any atom is -0.429 e. The average Bonchev–Trinajstić information content (AvgIpc) is 2.75. The van der Waals surface area contributed by atoms with Crippen LogP contribution in [-0.4, -0.2) is 6.61 Å². The number of benzene rings is 2. The summed E-state index contributed by atoms with van der Waals surface area (Å²) in [6.45, 7) is -1.34. The third-order valence-corrected chi connectivity index (χ3v) is 6.28. The smallest absolute Gasteiger partial charge is 0.429 e. The van der Waals surface area contributed by atoms with E-state index < -0.39 is 47.2 Å². The lowest BCUT2D eigenvalue weighted by atomic mass is 9.78. The molecule has 2 aromatic rings. The summed E-state index contributed by atoms with van der Waals surface area (Å²) >= 11 is 0. The van der Waals surface area contributed by atoms with Crippen molar-refractivity contribution in [3.8, 4) is 11.5 Å². The highest BCUT2D eigenvalue weighted by molar-refractivity contribution is 5.36. The van der Waals surface area contributed by atoms with E-state index in [-0.39, 0.29) is 12.1 Å². The predicted octanol–water partition coefficient (Wildman–Crippen LogP) is 8.37. The molecule has 0 amide bonds. The molecule has 9 heteroatoms. The van der Waals surface area contributed by atoms with Crippen molar-refractivity contribution in [3.05, 3.63) is 58.9 Å². The SMILES string of the molecule is CCC[C@H]1CC[C@H](CCc2ccc(C(F)(F)Oc3cc(F)c(OC(F)F)c(F)c3)c(F)c2)CC1. The van der Waals surface area contributed by atoms with Gasteiger partial charge in [0, 0.05) is 12.1 Å². The van der Waals surface area contributed by atoms with Gasteiger partial charge in [0.05, 0.1) is 5.56 Å². The summed E-state index contributed by atoms with van der Waals surface area (Å²) in [5.74, 6) is -5.68. The monoisotopic (exact) mass is 492 g/mol. The van der Waals surface area contributed by atoms with Crippen LogP contribution >= 0.6 is 0 Å². The third kappa shape index (κ3) is 6.79. The number of hydrogen-bond donors (Lipinski definition) is 0. The van der Waals surface area contributed by atoms with E-state index in [0.29, 0.717) is 17.9 Å². The Kier molecular flexibility index (Phi) is 8.71. The van der Waals surface area contributed by atoms with E-state index in [1.165, 1.54) is 31.7 Å². The Hall–Kier alpha value is -2.45. The molecule has 34 heavy (non-hydrogen) atoms. The van der Waals surface area contributed by atoms with Gasteiger partial charge in [-0.15, -0.1) is 0 Å². The van der Waals surface area contributed by atoms with Gasteiger partial charge in [-0.3, -0.25) is 0 Å². The molecule has 1 fully saturated rings. The van der Waals surface area contributed by atoms with Crippen LogP contribution in [0.5, 0.6) is 11.5 Å². The van der Waals surface area contributed by atoms with Gasteiger partial charge in [-0.25, -0.2) is 13.2 Å². The van der Waals surface area contributed by atoms with E-state index in [1.807, 2.05) is 0 Å². The summed E-state index contributed by atoms with van der Waals surface area (Å²) in [4.78, 5) is 0. The van der Waals surface area contributed by atoms with Crippen molar-refractivity contribution in [1.82, 2.24) is 0 Å². The molecule has 2 nitrogen and oxygen atoms in total. The predicted molar refractivity (Wildman–Crippen MR) is 113 cm³/mol. The van der Waals surface area contributed by atoms with Crippen LogP contribution in [0.2, 0.25) is 0 Å². The molecule has 1 aliphatic carbocycles. The summed E-state index contributed by atoms with van der Waals surface area (Å²) in [6.07, 6.45) is 4.16. The normalized spacial score (nSPS) is 18.9. The Bertz CT molecular complexity index is 933. The van der Waals surface area contributed by atoms with Gasteiger partial charge in [-0.2, -0.15) is 17.6 Å². The van der Waals surface area contributed by atoms with E-state index in [9.17, 15) is 30.7 Å². The maximum atomic E-state index is 14.5. The molecule has 0 aliphatic heterocycles. The first-order chi connectivity index (χ1) is 16.1. The molecule has 0 N–H and O–H groups in total. The molecule has 3 rings (SSSR count). The second-order valence-corrected chi connectivity index (χ2v) is 8.74. The number of alkyl halides is 4. The Labute approximate surface area is 194 Å². The fourth-order valence-electron chi connectivity index (χ4n) is 4.54. The van der Waals surface area contributed by atoms with Crippen molar-refractivity contribution in [3.63, 3.8) is 0 Å². The van der Waals surface area contributed by atoms with Crippen LogP contribution in [0.3, 0.4) is 0 Å². The zero-order valence-electron chi connectivity index (χ0n) is 18.7. The van der Waals surface area contributed by atoms with E-state index in [4.69, 9.17) is 0 Å². The van der Waals surface area contributed by atoms with Crippen LogP contribution in [-0.2, 0) is 12.5 Å². The highest BCUT2D eigenvalue weighted by Crippen LogP contribution is 2.37. The van der Waals surface area contributed by atoms with Gasteiger partial charge >= 0.3 is 12.7 Å². The van der Waals surface area contributed by atoms with Gasteiger partial charge < -0.3 is 9.47 Å². The topological polar surface area (TPSA) is 18.5 Å². The van der Waals surface area contributed by atoms with Crippen LogP contribution in [0.1, 0.15) is 63.0 Å². The standard InChI is InChI=1S/C25H27F7O2/c1-2-3-15-4-6-16(7-5-15)8-9-17-10-11-19(20(26)12-17)25(31,32)34-18-13-21(27)23(22(28)14-18)33-24(29)30/h10-16,24H,2-9H2,1H3/t15-,16-. The van der Waals surface area contributed by atoms with Gasteiger partial charge in [-0.05, 0) is 42.4 Å². The lowest BCUT2D eigenvalue weighted by molar-refractivity contribution is -0.187. The molecule has 0 aromatic heterocycles. The largest absolute Gasteiger partial charge is 0.429 e. The molecule has 1 saturated carbocycles. The zero-order chi connectivity index (χ0) is 24.9. The summed E-state index contributed by atoms with van der Waals surface area (Å²) in [6, 6.07) is 3.78. The van der Waals surface area contributed by atoms with Crippen molar-refractivity contribution in [1.29, 1.82) is 0 Å². The van der Waals surface area contributed by atoms with E-state index in [2.05, 4.69) is 16.4 Å². The van der Waals surface area contributed by atoms with Crippen LogP contribution in [0.4, 0.5) is 30.7 Å². The molecule has 2 aromatic carbocycles. The molecule has 0 atom stereocenters. The number of ether oxygens (including phenoxy) is 2. The fourth-order valence-corrected chi connectivity index (χ4v) is 4.54. The van der Waals surface area contributed by atoms with Crippen molar-refractivity contribution in [2.24, 2.45) is 11.8 Å². The number of rotatable bonds is 10. The summed E-state index contributed by atoms with van der Waals surface area (Å²) in [5, 5.41) is 0. The molecule has 0 saturated heterocycles. The Morgan fingerprint density at radius 2 is 1.47 bits per heavy atom. The molecule has 0 bridgehead atoms. The lowest BCUT2D eigenvalue weighted by Gasteiger charge is -2.28. The summed E-state index contributed by atoms with van der Waals surface area (Å²) in [5.41, 5.74) is -0.539. The van der Waals surface area contributed by atoms with Crippen LogP contribution in [0, 0.1) is 29.3 Å². The first kappa shape index (κ1) is 26.2. The second-order valence-electron chi connectivity index (χ2n) is 8.74. The zero-order valence-corrected chi connectivity index (χ0v) is 18.7. The highest BCUT2D eigenvalue weighted by atomic mass is 19.3. The second kappa shape index (κ2) is 11.3. The van der Waals surface area contributed by atoms with E-state index >= 15 is 0 Å². The molecule has 1 aliphatic rings. The van der Waals surface area contributed by atoms with Gasteiger partial charge in [0.25, 0.3) is 0 Å². The Balaban J connectivity index is 1.63. The van der Waals surface area contributed by atoms with E-state index in [0.717, 1.165) is 37.3 Å². The molecule has 188 valence electrons. The van der Waals surface area contributed by atoms with Gasteiger partial charge in [-0.1, -0.05) is 51.5 Å². The first-order valence-electron chi connectivity index (χ1n) is 11.4. The van der Waals surface area contributed by atoms with Crippen LogP contribution < -0.4 is 9.47 Å². The van der Waals surface area contributed by atoms with E-state index in [1.54, 1.807) is 0 Å². The summed E-state index contributed by atoms with van der Waals surface area (Å²) in [7, 11) is 0. The minimum absolute atomic E-state index is 0.260. The fraction of sp³-hybridized carbons (Fsp3) is 0.520.